The van der Waals surface area contributed by atoms with Crippen LogP contribution in [0.4, 0.5) is 5.13 Å². The summed E-state index contributed by atoms with van der Waals surface area (Å²) < 4.78 is 2.01. The van der Waals surface area contributed by atoms with Gasteiger partial charge in [-0.25, -0.2) is 4.98 Å². The molecule has 0 spiro atoms. The minimum Gasteiger partial charge on any atom is -0.300 e. The van der Waals surface area contributed by atoms with Gasteiger partial charge in [0.15, 0.2) is 15.7 Å². The second-order valence-electron chi connectivity index (χ2n) is 7.31. The molecular formula is C22H20ClN5OS2. The Morgan fingerprint density at radius 2 is 1.84 bits per heavy atom. The number of hydrogen-bond acceptors (Lipinski definition) is 5. The molecule has 2 aromatic heterocycles. The Hall–Kier alpha value is -2.81. The molecule has 0 saturated carbocycles. The molecule has 2 aromatic carbocycles. The van der Waals surface area contributed by atoms with Gasteiger partial charge < -0.3 is 5.32 Å². The van der Waals surface area contributed by atoms with Crippen LogP contribution in [-0.4, -0.2) is 25.7 Å². The first kappa shape index (κ1) is 21.4. The molecule has 0 aliphatic rings. The molecule has 31 heavy (non-hydrogen) atoms. The van der Waals surface area contributed by atoms with Gasteiger partial charge in [0, 0.05) is 21.5 Å². The third kappa shape index (κ3) is 4.92. The largest absolute Gasteiger partial charge is 0.300 e. The third-order valence-electron chi connectivity index (χ3n) is 4.79. The number of nitrogens with zero attached hydrogens (tertiary/aromatic N) is 3. The van der Waals surface area contributed by atoms with E-state index in [2.05, 4.69) is 58.6 Å². The second-order valence-corrected chi connectivity index (χ2v) is 8.99. The summed E-state index contributed by atoms with van der Waals surface area (Å²) in [5.41, 5.74) is 3.94. The van der Waals surface area contributed by atoms with Crippen molar-refractivity contribution in [3.8, 4) is 22.6 Å². The van der Waals surface area contributed by atoms with Crippen molar-refractivity contribution in [1.29, 1.82) is 0 Å². The van der Waals surface area contributed by atoms with Crippen LogP contribution in [0, 0.1) is 4.77 Å². The predicted octanol–water partition coefficient (Wildman–Crippen LogP) is 6.15. The van der Waals surface area contributed by atoms with Crippen molar-refractivity contribution >= 4 is 46.2 Å². The molecule has 9 heteroatoms. The Bertz CT molecular complexity index is 1260. The lowest BCUT2D eigenvalue weighted by molar-refractivity contribution is -0.116. The van der Waals surface area contributed by atoms with Crippen LogP contribution in [0.15, 0.2) is 53.9 Å². The molecule has 4 rings (SSSR count). The van der Waals surface area contributed by atoms with Gasteiger partial charge in [-0.3, -0.25) is 14.5 Å². The lowest BCUT2D eigenvalue weighted by Crippen LogP contribution is -2.19. The number of hydrogen-bond donors (Lipinski definition) is 2. The van der Waals surface area contributed by atoms with Crippen LogP contribution >= 0.6 is 35.2 Å². The molecule has 0 aliphatic heterocycles. The number of anilines is 1. The summed E-state index contributed by atoms with van der Waals surface area (Å²) in [5, 5.41) is 12.9. The molecule has 0 fully saturated rings. The molecule has 0 bridgehead atoms. The Morgan fingerprint density at radius 3 is 2.52 bits per heavy atom. The smallest absolute Gasteiger partial charge is 0.246 e. The van der Waals surface area contributed by atoms with Crippen LogP contribution in [0.25, 0.3) is 22.6 Å². The quantitative estimate of drug-likeness (QED) is 0.332. The number of carbonyl (C=O) groups is 1. The Morgan fingerprint density at radius 1 is 1.16 bits per heavy atom. The molecule has 2 N–H and O–H groups in total. The summed E-state index contributed by atoms with van der Waals surface area (Å²) in [7, 11) is 0. The summed E-state index contributed by atoms with van der Waals surface area (Å²) in [6, 6.07) is 15.5. The van der Waals surface area contributed by atoms with Crippen LogP contribution in [0.2, 0.25) is 5.02 Å². The van der Waals surface area contributed by atoms with Crippen LogP contribution in [-0.2, 0) is 11.3 Å². The third-order valence-corrected chi connectivity index (χ3v) is 6.11. The molecule has 0 unspecified atom stereocenters. The highest BCUT2D eigenvalue weighted by atomic mass is 35.5. The maximum atomic E-state index is 12.7. The van der Waals surface area contributed by atoms with Gasteiger partial charge in [-0.2, -0.15) is 5.10 Å². The molecule has 0 radical (unpaired) electrons. The summed E-state index contributed by atoms with van der Waals surface area (Å²) in [6.07, 6.45) is 0. The van der Waals surface area contributed by atoms with Gasteiger partial charge in [0.2, 0.25) is 5.91 Å². The maximum absolute atomic E-state index is 12.7. The lowest BCUT2D eigenvalue weighted by atomic mass is 10.0. The molecule has 2 heterocycles. The van der Waals surface area contributed by atoms with Crippen LogP contribution < -0.4 is 5.32 Å². The number of nitrogens with one attached hydrogen (secondary N) is 2. The molecule has 4 aromatic rings. The van der Waals surface area contributed by atoms with E-state index < -0.39 is 0 Å². The van der Waals surface area contributed by atoms with Gasteiger partial charge in [-0.05, 0) is 48.0 Å². The molecule has 6 nitrogen and oxygen atoms in total. The highest BCUT2D eigenvalue weighted by Gasteiger charge is 2.14. The summed E-state index contributed by atoms with van der Waals surface area (Å²) in [6.45, 7) is 4.34. The second kappa shape index (κ2) is 9.13. The average Bonchev–Trinajstić information content (AvgIpc) is 3.36. The first-order valence-corrected chi connectivity index (χ1v) is 11.3. The summed E-state index contributed by atoms with van der Waals surface area (Å²) >= 11 is 12.7. The van der Waals surface area contributed by atoms with Crippen molar-refractivity contribution in [1.82, 2.24) is 19.7 Å². The highest BCUT2D eigenvalue weighted by Crippen LogP contribution is 2.27. The van der Waals surface area contributed by atoms with E-state index >= 15 is 0 Å². The number of carbonyl (C=O) groups excluding carboxylic acids is 1. The fourth-order valence-corrected chi connectivity index (χ4v) is 4.15. The number of halogens is 1. The number of benzene rings is 2. The van der Waals surface area contributed by atoms with E-state index in [-0.39, 0.29) is 12.5 Å². The number of aromatic nitrogens is 4. The van der Waals surface area contributed by atoms with Gasteiger partial charge in [-0.1, -0.05) is 49.7 Å². The molecule has 158 valence electrons. The normalized spacial score (nSPS) is 11.1. The van der Waals surface area contributed by atoms with Crippen molar-refractivity contribution < 1.29 is 4.79 Å². The van der Waals surface area contributed by atoms with E-state index in [1.807, 2.05) is 17.5 Å². The molecular weight excluding hydrogens is 450 g/mol. The molecule has 0 saturated heterocycles. The zero-order valence-electron chi connectivity index (χ0n) is 16.9. The highest BCUT2D eigenvalue weighted by molar-refractivity contribution is 7.71. The zero-order chi connectivity index (χ0) is 22.0. The first-order valence-electron chi connectivity index (χ1n) is 9.67. The van der Waals surface area contributed by atoms with Crippen molar-refractivity contribution in [2.45, 2.75) is 26.3 Å². The van der Waals surface area contributed by atoms with E-state index in [9.17, 15) is 4.79 Å². The number of H-pyrrole nitrogens is 1. The summed E-state index contributed by atoms with van der Waals surface area (Å²) in [5.74, 6) is 0.817. The van der Waals surface area contributed by atoms with Crippen LogP contribution in [0.5, 0.6) is 0 Å². The summed E-state index contributed by atoms with van der Waals surface area (Å²) in [4.78, 5) is 17.2. The van der Waals surface area contributed by atoms with Gasteiger partial charge in [0.25, 0.3) is 0 Å². The lowest BCUT2D eigenvalue weighted by Gasteiger charge is -2.07. The average molecular weight is 470 g/mol. The van der Waals surface area contributed by atoms with Crippen LogP contribution in [0.1, 0.15) is 25.3 Å². The van der Waals surface area contributed by atoms with E-state index in [1.165, 1.54) is 16.9 Å². The van der Waals surface area contributed by atoms with Crippen LogP contribution in [0.3, 0.4) is 0 Å². The zero-order valence-corrected chi connectivity index (χ0v) is 19.3. The van der Waals surface area contributed by atoms with E-state index in [0.717, 1.165) is 16.8 Å². The number of amides is 1. The first-order chi connectivity index (χ1) is 14.9. The van der Waals surface area contributed by atoms with E-state index in [1.54, 1.807) is 16.7 Å². The standard InChI is InChI=1S/C22H20ClN5OS2/c1-13(2)14-3-5-15(6-4-14)18-12-31-21(24-18)25-19(29)11-28-20(26-27-22(28)30)16-7-9-17(23)10-8-16/h3-10,12-13H,11H2,1-2H3,(H,27,30)(H,24,25,29). The van der Waals surface area contributed by atoms with Gasteiger partial charge in [0.05, 0.1) is 5.69 Å². The minimum atomic E-state index is -0.233. The fraction of sp³-hybridized carbons (Fsp3) is 0.182. The monoisotopic (exact) mass is 469 g/mol. The van der Waals surface area contributed by atoms with Crippen molar-refractivity contribution in [2.24, 2.45) is 0 Å². The van der Waals surface area contributed by atoms with Gasteiger partial charge in [-0.15, -0.1) is 11.3 Å². The Kier molecular flexibility index (Phi) is 6.31. The topological polar surface area (TPSA) is 75.6 Å². The number of rotatable bonds is 6. The van der Waals surface area contributed by atoms with Crippen molar-refractivity contribution in [3.63, 3.8) is 0 Å². The molecule has 0 atom stereocenters. The molecule has 0 aliphatic carbocycles. The Balaban J connectivity index is 1.47. The van der Waals surface area contributed by atoms with E-state index in [0.29, 0.717) is 26.7 Å². The SMILES string of the molecule is CC(C)c1ccc(-c2csc(NC(=O)Cn3c(-c4ccc(Cl)cc4)n[nH]c3=S)n2)cc1. The van der Waals surface area contributed by atoms with Gasteiger partial charge in [0.1, 0.15) is 6.54 Å². The number of thiazole rings is 1. The predicted molar refractivity (Wildman–Crippen MR) is 128 cm³/mol. The molecule has 1 amide bonds. The minimum absolute atomic E-state index is 0.0191. The van der Waals surface area contributed by atoms with Gasteiger partial charge >= 0.3 is 0 Å². The van der Waals surface area contributed by atoms with Crippen molar-refractivity contribution in [3.05, 3.63) is 69.3 Å². The Labute approximate surface area is 193 Å². The maximum Gasteiger partial charge on any atom is 0.246 e. The fourth-order valence-electron chi connectivity index (χ4n) is 3.09. The van der Waals surface area contributed by atoms with E-state index in [4.69, 9.17) is 23.8 Å². The van der Waals surface area contributed by atoms with Crippen molar-refractivity contribution in [2.75, 3.05) is 5.32 Å². The number of aromatic amines is 1.